The Morgan fingerprint density at radius 1 is 0.911 bits per heavy atom. The third kappa shape index (κ3) is 5.22. The monoisotopic (exact) mass is 629 g/mol. The molecule has 0 aromatic carbocycles. The largest absolute Gasteiger partial charge is 0.481 e. The minimum Gasteiger partial charge on any atom is -0.481 e. The van der Waals surface area contributed by atoms with Gasteiger partial charge in [-0.1, -0.05) is 20.8 Å². The molecule has 8 heteroatoms. The zero-order chi connectivity index (χ0) is 31.8. The molecule has 11 atom stereocenters. The first-order valence-corrected chi connectivity index (χ1v) is 18.4. The average molecular weight is 630 g/mol. The van der Waals surface area contributed by atoms with E-state index in [1.54, 1.807) is 0 Å². The van der Waals surface area contributed by atoms with E-state index in [9.17, 15) is 14.7 Å². The molecule has 0 aromatic heterocycles. The highest BCUT2D eigenvalue weighted by Gasteiger charge is 2.80. The van der Waals surface area contributed by atoms with Gasteiger partial charge in [0.1, 0.15) is 0 Å². The highest BCUT2D eigenvalue weighted by atomic mass is 16.7. The highest BCUT2D eigenvalue weighted by molar-refractivity contribution is 5.76. The van der Waals surface area contributed by atoms with Gasteiger partial charge in [0.2, 0.25) is 5.91 Å². The lowest BCUT2D eigenvalue weighted by Gasteiger charge is -2.60. The summed E-state index contributed by atoms with van der Waals surface area (Å²) >= 11 is 0. The van der Waals surface area contributed by atoms with E-state index in [1.807, 2.05) is 4.90 Å². The molecule has 2 heterocycles. The van der Waals surface area contributed by atoms with Gasteiger partial charge in [-0.3, -0.25) is 9.59 Å². The summed E-state index contributed by atoms with van der Waals surface area (Å²) in [5, 5.41) is 16.2. The summed E-state index contributed by atoms with van der Waals surface area (Å²) in [5.41, 5.74) is 1.46. The van der Waals surface area contributed by atoms with Gasteiger partial charge >= 0.3 is 5.97 Å². The fraction of sp³-hybridized carbons (Fsp3) is 0.946. The number of aliphatic hydroxyl groups excluding tert-OH is 1. The van der Waals surface area contributed by atoms with Gasteiger partial charge in [0, 0.05) is 26.5 Å². The van der Waals surface area contributed by atoms with Crippen LogP contribution in [-0.4, -0.2) is 78.4 Å². The molecule has 2 N–H and O–H groups in total. The molecule has 0 aromatic rings. The number of hydrogen-bond acceptors (Lipinski definition) is 6. The summed E-state index contributed by atoms with van der Waals surface area (Å²) in [6, 6.07) is 0. The van der Waals surface area contributed by atoms with Crippen LogP contribution in [0.3, 0.4) is 0 Å². The van der Waals surface area contributed by atoms with Gasteiger partial charge in [-0.15, -0.1) is 0 Å². The molecule has 254 valence electrons. The van der Waals surface area contributed by atoms with Crippen LogP contribution in [0, 0.1) is 51.2 Å². The van der Waals surface area contributed by atoms with Crippen molar-refractivity contribution in [3.05, 3.63) is 0 Å². The molecule has 1 amide bonds. The lowest BCUT2D eigenvalue weighted by molar-refractivity contribution is -0.244. The Balaban J connectivity index is 0.00000160. The lowest BCUT2D eigenvalue weighted by Crippen LogP contribution is -2.56. The molecule has 6 saturated carbocycles. The van der Waals surface area contributed by atoms with Crippen molar-refractivity contribution in [1.82, 2.24) is 4.90 Å². The number of carboxylic acids is 1. The molecule has 6 aliphatic carbocycles. The van der Waals surface area contributed by atoms with Crippen LogP contribution < -0.4 is 0 Å². The van der Waals surface area contributed by atoms with Crippen molar-refractivity contribution in [2.75, 3.05) is 26.8 Å². The van der Waals surface area contributed by atoms with Crippen molar-refractivity contribution in [2.24, 2.45) is 51.2 Å². The maximum Gasteiger partial charge on any atom is 0.303 e. The van der Waals surface area contributed by atoms with Gasteiger partial charge in [-0.2, -0.15) is 0 Å². The molecule has 8 rings (SSSR count). The van der Waals surface area contributed by atoms with Gasteiger partial charge in [-0.05, 0) is 135 Å². The number of fused-ring (bicyclic) bond motifs is 4. The van der Waals surface area contributed by atoms with E-state index >= 15 is 0 Å². The van der Waals surface area contributed by atoms with Crippen LogP contribution in [0.1, 0.15) is 117 Å². The molecule has 8 aliphatic rings. The third-order valence-electron chi connectivity index (χ3n) is 15.2. The Morgan fingerprint density at radius 3 is 2.44 bits per heavy atom. The number of ether oxygens (including phenoxy) is 3. The molecule has 2 spiro atoms. The first-order valence-electron chi connectivity index (χ1n) is 18.4. The topological polar surface area (TPSA) is 106 Å². The molecule has 8 fully saturated rings. The summed E-state index contributed by atoms with van der Waals surface area (Å²) in [6.07, 6.45) is 17.0. The number of rotatable bonds is 7. The fourth-order valence-corrected chi connectivity index (χ4v) is 12.8. The standard InChI is InChI=1S/C36H55NO6.CH4O/c1-33(2)28-10-9-24-26-19-27-25(8-6-23(42-27)7-11-31(39)40)34(26,3)14-15-35(24)21-36(28,35)13-12-29(33)43-32-20-37(16-17-41-32)30(38)18-22-4-5-22;1-2/h22-29,32H,4-21H2,1-3H3,(H,39,40);2H,1H3/t23?,24?,25?,26?,27?,28?,29-,32?,34?,35-,36?;/m0./s1. The van der Waals surface area contributed by atoms with E-state index in [4.69, 9.17) is 19.3 Å². The number of carbonyl (C=O) groups excluding carboxylic acids is 1. The SMILES string of the molecule is CC12CC[C@@]34CC35CC[C@H](OC3CN(C(=O)CC6CC6)CCO3)C(C)(C)C5CCC4C1CC1OC(CCC(=O)O)CCC12.CO. The van der Waals surface area contributed by atoms with E-state index in [-0.39, 0.29) is 36.2 Å². The van der Waals surface area contributed by atoms with Gasteiger partial charge in [-0.25, -0.2) is 0 Å². The van der Waals surface area contributed by atoms with Crippen molar-refractivity contribution in [3.63, 3.8) is 0 Å². The number of hydrogen-bond donors (Lipinski definition) is 2. The van der Waals surface area contributed by atoms with E-state index in [1.165, 1.54) is 64.2 Å². The van der Waals surface area contributed by atoms with Crippen LogP contribution in [0.4, 0.5) is 0 Å². The summed E-state index contributed by atoms with van der Waals surface area (Å²) in [5.74, 6) is 3.11. The van der Waals surface area contributed by atoms with Gasteiger partial charge in [0.15, 0.2) is 6.29 Å². The first-order chi connectivity index (χ1) is 21.6. The molecular weight excluding hydrogens is 570 g/mol. The summed E-state index contributed by atoms with van der Waals surface area (Å²) < 4.78 is 19.6. The van der Waals surface area contributed by atoms with E-state index < -0.39 is 5.97 Å². The summed E-state index contributed by atoms with van der Waals surface area (Å²) in [7, 11) is 1.00. The van der Waals surface area contributed by atoms with Crippen molar-refractivity contribution in [3.8, 4) is 0 Å². The minimum atomic E-state index is -0.703. The second kappa shape index (κ2) is 11.7. The minimum absolute atomic E-state index is 0.0985. The van der Waals surface area contributed by atoms with E-state index in [0.29, 0.717) is 72.6 Å². The smallest absolute Gasteiger partial charge is 0.303 e. The quantitative estimate of drug-likeness (QED) is 0.354. The maximum absolute atomic E-state index is 12.8. The van der Waals surface area contributed by atoms with E-state index in [0.717, 1.165) is 31.8 Å². The fourth-order valence-electron chi connectivity index (χ4n) is 12.8. The second-order valence-electron chi connectivity index (χ2n) is 17.3. The molecule has 9 unspecified atom stereocenters. The van der Waals surface area contributed by atoms with Gasteiger partial charge in [0.05, 0.1) is 31.5 Å². The summed E-state index contributed by atoms with van der Waals surface area (Å²) in [6.45, 7) is 9.44. The number of carboxylic acid groups (broad SMARTS) is 1. The number of carbonyl (C=O) groups is 2. The lowest BCUT2D eigenvalue weighted by atomic mass is 9.46. The zero-order valence-electron chi connectivity index (χ0n) is 28.3. The van der Waals surface area contributed by atoms with Crippen LogP contribution in [0.2, 0.25) is 0 Å². The Kier molecular flexibility index (Phi) is 8.43. The predicted molar refractivity (Wildman–Crippen MR) is 169 cm³/mol. The number of aliphatic carboxylic acids is 1. The Bertz CT molecular complexity index is 1140. The van der Waals surface area contributed by atoms with Crippen LogP contribution in [-0.2, 0) is 23.8 Å². The highest BCUT2D eigenvalue weighted by Crippen LogP contribution is 2.87. The third-order valence-corrected chi connectivity index (χ3v) is 15.2. The number of morpholine rings is 1. The van der Waals surface area contributed by atoms with Crippen LogP contribution in [0.15, 0.2) is 0 Å². The van der Waals surface area contributed by atoms with Crippen molar-refractivity contribution in [2.45, 2.75) is 142 Å². The summed E-state index contributed by atoms with van der Waals surface area (Å²) in [4.78, 5) is 26.0. The van der Waals surface area contributed by atoms with Crippen molar-refractivity contribution >= 4 is 11.9 Å². The van der Waals surface area contributed by atoms with Crippen molar-refractivity contribution < 1.29 is 34.0 Å². The molecule has 2 aliphatic heterocycles. The number of aliphatic hydroxyl groups is 1. The van der Waals surface area contributed by atoms with Crippen LogP contribution >= 0.6 is 0 Å². The molecular formula is C37H59NO7. The molecule has 2 saturated heterocycles. The second-order valence-corrected chi connectivity index (χ2v) is 17.3. The normalized spacial score (nSPS) is 47.5. The Labute approximate surface area is 270 Å². The van der Waals surface area contributed by atoms with Crippen LogP contribution in [0.5, 0.6) is 0 Å². The number of nitrogens with zero attached hydrogens (tertiary/aromatic N) is 1. The Hall–Kier alpha value is -1.22. The van der Waals surface area contributed by atoms with Crippen LogP contribution in [0.25, 0.3) is 0 Å². The molecule has 8 nitrogen and oxygen atoms in total. The zero-order valence-corrected chi connectivity index (χ0v) is 28.3. The molecule has 0 radical (unpaired) electrons. The number of amides is 1. The predicted octanol–water partition coefficient (Wildman–Crippen LogP) is 6.04. The molecule has 45 heavy (non-hydrogen) atoms. The van der Waals surface area contributed by atoms with Crippen molar-refractivity contribution in [1.29, 1.82) is 0 Å². The van der Waals surface area contributed by atoms with E-state index in [2.05, 4.69) is 20.8 Å². The molecule has 0 bridgehead atoms. The van der Waals surface area contributed by atoms with Gasteiger partial charge < -0.3 is 29.3 Å². The van der Waals surface area contributed by atoms with Gasteiger partial charge in [0.25, 0.3) is 0 Å². The maximum atomic E-state index is 12.8. The first kappa shape index (κ1) is 32.3. The Morgan fingerprint density at radius 2 is 1.69 bits per heavy atom. The average Bonchev–Trinajstić information content (AvgIpc) is 3.94.